The molecule has 11 heteroatoms. The van der Waals surface area contributed by atoms with Crippen molar-refractivity contribution in [2.24, 2.45) is 11.7 Å². The van der Waals surface area contributed by atoms with E-state index in [2.05, 4.69) is 20.1 Å². The van der Waals surface area contributed by atoms with Crippen LogP contribution in [0.25, 0.3) is 26.7 Å². The van der Waals surface area contributed by atoms with Gasteiger partial charge in [0, 0.05) is 18.4 Å². The molecule has 0 aromatic carbocycles. The molecule has 3 unspecified atom stereocenters. The highest BCUT2D eigenvalue weighted by Gasteiger charge is 2.34. The lowest BCUT2D eigenvalue weighted by Gasteiger charge is -2.28. The van der Waals surface area contributed by atoms with E-state index in [-0.39, 0.29) is 17.1 Å². The van der Waals surface area contributed by atoms with Crippen molar-refractivity contribution in [1.82, 2.24) is 24.7 Å². The van der Waals surface area contributed by atoms with E-state index in [1.807, 2.05) is 17.6 Å². The van der Waals surface area contributed by atoms with Gasteiger partial charge in [0.2, 0.25) is 5.91 Å². The number of fused-ring (bicyclic) bond motifs is 1. The summed E-state index contributed by atoms with van der Waals surface area (Å²) in [6.07, 6.45) is 9.58. The molecule has 1 saturated carbocycles. The van der Waals surface area contributed by atoms with E-state index in [9.17, 15) is 9.35 Å². The number of hydrogen-bond acceptors (Lipinski definition) is 8. The highest BCUT2D eigenvalue weighted by atomic mass is 32.2. The van der Waals surface area contributed by atoms with E-state index in [0.29, 0.717) is 22.5 Å². The van der Waals surface area contributed by atoms with Gasteiger partial charge < -0.3 is 14.8 Å². The molecule has 1 fully saturated rings. The minimum absolute atomic E-state index is 0.0960. The number of carbonyl (C=O) groups is 1. The number of aryl methyl sites for hydroxylation is 1. The number of rotatable bonds is 5. The Kier molecular flexibility index (Phi) is 5.24. The van der Waals surface area contributed by atoms with E-state index in [4.69, 9.17) is 10.3 Å². The average Bonchev–Trinajstić information content (AvgIpc) is 3.51. The van der Waals surface area contributed by atoms with Gasteiger partial charge in [-0.25, -0.2) is 15.0 Å². The summed E-state index contributed by atoms with van der Waals surface area (Å²) in [5, 5.41) is 5.28. The van der Waals surface area contributed by atoms with Crippen LogP contribution in [0.5, 0.6) is 0 Å². The maximum Gasteiger partial charge on any atom is 0.220 e. The third-order valence-electron chi connectivity index (χ3n) is 5.60. The molecule has 0 spiro atoms. The average molecular weight is 457 g/mol. The fourth-order valence-corrected chi connectivity index (χ4v) is 6.53. The first-order valence-corrected chi connectivity index (χ1v) is 11.9. The molecule has 4 aromatic rings. The normalized spacial score (nSPS) is 20.2. The topological polar surface area (TPSA) is 136 Å². The van der Waals surface area contributed by atoms with Crippen molar-refractivity contribution < 1.29 is 13.9 Å². The van der Waals surface area contributed by atoms with Crippen LogP contribution >= 0.6 is 11.3 Å². The Morgan fingerprint density at radius 3 is 2.97 bits per heavy atom. The summed E-state index contributed by atoms with van der Waals surface area (Å²) < 4.78 is 20.0. The molecule has 0 saturated heterocycles. The Morgan fingerprint density at radius 2 is 2.19 bits per heavy atom. The Hall–Kier alpha value is -2.76. The highest BCUT2D eigenvalue weighted by molar-refractivity contribution is 7.92. The second-order valence-electron chi connectivity index (χ2n) is 7.61. The van der Waals surface area contributed by atoms with Crippen molar-refractivity contribution in [3.8, 4) is 15.6 Å². The first kappa shape index (κ1) is 20.2. The van der Waals surface area contributed by atoms with Crippen LogP contribution in [0, 0.1) is 12.8 Å². The summed E-state index contributed by atoms with van der Waals surface area (Å²) in [5.41, 5.74) is 7.64. The van der Waals surface area contributed by atoms with Gasteiger partial charge in [-0.1, -0.05) is 16.5 Å². The van der Waals surface area contributed by atoms with E-state index in [1.165, 1.54) is 11.3 Å². The molecule has 1 amide bonds. The number of imidazole rings is 1. The lowest BCUT2D eigenvalue weighted by Crippen LogP contribution is -2.34. The molecule has 31 heavy (non-hydrogen) atoms. The number of amides is 1. The summed E-state index contributed by atoms with van der Waals surface area (Å²) in [5.74, 6) is 0.254. The maximum atomic E-state index is 13.2. The van der Waals surface area contributed by atoms with Crippen molar-refractivity contribution in [3.05, 3.63) is 36.7 Å². The predicted molar refractivity (Wildman–Crippen MR) is 116 cm³/mol. The van der Waals surface area contributed by atoms with Gasteiger partial charge >= 0.3 is 0 Å². The smallest absolute Gasteiger partial charge is 0.220 e. The molecule has 0 radical (unpaired) electrons. The summed E-state index contributed by atoms with van der Waals surface area (Å²) in [7, 11) is 0. The van der Waals surface area contributed by atoms with Gasteiger partial charge in [0.15, 0.2) is 10.5 Å². The number of thiazole rings is 1. The highest BCUT2D eigenvalue weighted by Crippen LogP contribution is 2.34. The van der Waals surface area contributed by atoms with Gasteiger partial charge in [-0.2, -0.15) is 0 Å². The Balaban J connectivity index is 1.45. The van der Waals surface area contributed by atoms with Crippen LogP contribution in [-0.2, 0) is 16.0 Å². The van der Waals surface area contributed by atoms with Crippen molar-refractivity contribution in [2.75, 3.05) is 0 Å². The molecule has 5 rings (SSSR count). The lowest BCUT2D eigenvalue weighted by molar-refractivity contribution is -0.122. The molecule has 2 N–H and O–H groups in total. The second-order valence-corrected chi connectivity index (χ2v) is 10.4. The number of nitrogens with zero attached hydrogens (tertiary/aromatic N) is 5. The Morgan fingerprint density at radius 1 is 1.32 bits per heavy atom. The summed E-state index contributed by atoms with van der Waals surface area (Å²) >= 11 is 0.214. The van der Waals surface area contributed by atoms with Crippen LogP contribution in [0.4, 0.5) is 0 Å². The van der Waals surface area contributed by atoms with Crippen LogP contribution in [0.2, 0.25) is 0 Å². The number of hydrogen-bond donors (Lipinski definition) is 1. The van der Waals surface area contributed by atoms with E-state index in [0.717, 1.165) is 40.7 Å². The van der Waals surface area contributed by atoms with Gasteiger partial charge in [-0.15, -0.1) is 0 Å². The fourth-order valence-electron chi connectivity index (χ4n) is 4.04. The first-order valence-electron chi connectivity index (χ1n) is 9.92. The van der Waals surface area contributed by atoms with Gasteiger partial charge in [0.05, 0.1) is 24.2 Å². The standard InChI is InChI=1S/C20H20N6O3S2/c1-11-25-16-6-15(31(28)14-4-2-3-12(5-14)18(21)27)8-22-19(16)26(11)17-9-23-20(30-17)13-7-24-29-10-13/h6-10,12,14H,2-5H2,1H3,(H2,21,27). The largest absolute Gasteiger partial charge is 0.611 e. The SMILES string of the molecule is Cc1nc2cc([S+]([O-])C3CCCC(C(N)=O)C3)cnc2n1-c1cnc(-c2cnoc2)s1. The van der Waals surface area contributed by atoms with Gasteiger partial charge in [-0.05, 0) is 37.4 Å². The number of carbonyl (C=O) groups excluding carboxylic acids is 1. The van der Waals surface area contributed by atoms with Crippen LogP contribution in [-0.4, -0.2) is 40.4 Å². The number of primary amides is 1. The van der Waals surface area contributed by atoms with Crippen LogP contribution in [0.1, 0.15) is 31.5 Å². The van der Waals surface area contributed by atoms with E-state index < -0.39 is 11.2 Å². The molecule has 1 aliphatic rings. The van der Waals surface area contributed by atoms with E-state index >= 15 is 0 Å². The lowest BCUT2D eigenvalue weighted by atomic mass is 9.88. The minimum atomic E-state index is -1.27. The fraction of sp³-hybridized carbons (Fsp3) is 0.350. The third-order valence-corrected chi connectivity index (χ3v) is 8.35. The summed E-state index contributed by atoms with van der Waals surface area (Å²) in [4.78, 5) is 25.9. The van der Waals surface area contributed by atoms with Crippen molar-refractivity contribution >= 4 is 39.6 Å². The molecule has 1 aliphatic carbocycles. The van der Waals surface area contributed by atoms with Crippen LogP contribution < -0.4 is 5.73 Å². The van der Waals surface area contributed by atoms with Gasteiger partial charge in [-0.3, -0.25) is 9.36 Å². The zero-order valence-corrected chi connectivity index (χ0v) is 18.4. The third kappa shape index (κ3) is 3.73. The monoisotopic (exact) mass is 456 g/mol. The summed E-state index contributed by atoms with van der Waals surface area (Å²) in [6, 6.07) is 1.83. The van der Waals surface area contributed by atoms with Crippen molar-refractivity contribution in [2.45, 2.75) is 42.8 Å². The Labute approximate surface area is 184 Å². The van der Waals surface area contributed by atoms with Crippen molar-refractivity contribution in [3.63, 3.8) is 0 Å². The molecule has 9 nitrogen and oxygen atoms in total. The number of aromatic nitrogens is 5. The molecular weight excluding hydrogens is 436 g/mol. The molecule has 4 heterocycles. The molecule has 0 aliphatic heterocycles. The second kappa shape index (κ2) is 8.06. The number of pyridine rings is 1. The van der Waals surface area contributed by atoms with Gasteiger partial charge in [0.25, 0.3) is 0 Å². The molecule has 160 valence electrons. The molecule has 4 aromatic heterocycles. The molecular formula is C20H20N6O3S2. The molecule has 3 atom stereocenters. The van der Waals surface area contributed by atoms with Crippen molar-refractivity contribution in [1.29, 1.82) is 0 Å². The Bertz CT molecular complexity index is 1240. The zero-order chi connectivity index (χ0) is 21.5. The quantitative estimate of drug-likeness (QED) is 0.456. The zero-order valence-electron chi connectivity index (χ0n) is 16.7. The molecule has 0 bridgehead atoms. The van der Waals surface area contributed by atoms with Crippen LogP contribution in [0.3, 0.4) is 0 Å². The maximum absolute atomic E-state index is 13.2. The van der Waals surface area contributed by atoms with Gasteiger partial charge in [0.1, 0.15) is 32.9 Å². The summed E-state index contributed by atoms with van der Waals surface area (Å²) in [6.45, 7) is 1.90. The van der Waals surface area contributed by atoms with Crippen LogP contribution in [0.15, 0.2) is 40.3 Å². The first-order chi connectivity index (χ1) is 15.0. The van der Waals surface area contributed by atoms with E-state index in [1.54, 1.807) is 24.9 Å². The predicted octanol–water partition coefficient (Wildman–Crippen LogP) is 2.99. The number of nitrogens with two attached hydrogens (primary N) is 1. The minimum Gasteiger partial charge on any atom is -0.611 e.